The molecule has 0 spiro atoms. The number of benzene rings is 1. The summed E-state index contributed by atoms with van der Waals surface area (Å²) in [6.45, 7) is 24.2. The van der Waals surface area contributed by atoms with E-state index in [0.29, 0.717) is 18.6 Å². The SMILES string of the molecule is CB(OC(C)(C)C(C)(C)OCOCC[Si](C)(C)C)c1ccc(F)c([C@@]2(C)N=C(N(C)C(=O)OC(C)(C)C)S[C@@]3(C(N)=O)C[C@H]32)c1. The van der Waals surface area contributed by atoms with Gasteiger partial charge in [0.2, 0.25) is 5.91 Å². The summed E-state index contributed by atoms with van der Waals surface area (Å²) in [5.74, 6) is -1.34. The van der Waals surface area contributed by atoms with Crippen LogP contribution in [0.15, 0.2) is 23.2 Å². The molecule has 9 nitrogen and oxygen atoms in total. The van der Waals surface area contributed by atoms with Gasteiger partial charge >= 0.3 is 13.0 Å². The van der Waals surface area contributed by atoms with E-state index in [1.165, 1.54) is 18.0 Å². The van der Waals surface area contributed by atoms with Crippen molar-refractivity contribution in [3.05, 3.63) is 29.6 Å². The first-order valence-electron chi connectivity index (χ1n) is 15.6. The first-order chi connectivity index (χ1) is 20.4. The van der Waals surface area contributed by atoms with Gasteiger partial charge in [-0.05, 0) is 79.4 Å². The number of carbonyl (C=O) groups is 2. The topological polar surface area (TPSA) is 113 Å². The zero-order chi connectivity index (χ0) is 34.4. The van der Waals surface area contributed by atoms with Crippen LogP contribution in [0.3, 0.4) is 0 Å². The molecule has 252 valence electrons. The Morgan fingerprint density at radius 1 is 1.16 bits per heavy atom. The number of amidine groups is 1. The minimum Gasteiger partial charge on any atom is -0.443 e. The number of primary amides is 1. The van der Waals surface area contributed by atoms with Crippen LogP contribution in [0.5, 0.6) is 0 Å². The standard InChI is InChI=1S/C32H53BFN3O6SSi/c1-28(2,3)42-27(39)37(10)26-36-31(8,24-19-32(24,44-26)25(35)38)22-18-21(14-15-23(22)34)33(9)43-30(6,7)29(4,5)41-20-40-16-17-45(11,12)13/h14-15,18,24H,16-17,19-20H2,1-13H3,(H2,35,38)/t24-,31+,32-/m0/s1. The molecule has 3 rings (SSSR count). The maximum atomic E-state index is 15.7. The molecule has 2 amide bonds. The van der Waals surface area contributed by atoms with Gasteiger partial charge in [-0.2, -0.15) is 0 Å². The number of rotatable bonds is 12. The first kappa shape index (κ1) is 37.5. The zero-order valence-corrected chi connectivity index (χ0v) is 31.2. The van der Waals surface area contributed by atoms with Crippen LogP contribution < -0.4 is 11.2 Å². The van der Waals surface area contributed by atoms with Gasteiger partial charge in [0.15, 0.2) is 5.17 Å². The third kappa shape index (κ3) is 8.52. The molecule has 1 aliphatic heterocycles. The second kappa shape index (κ2) is 12.9. The van der Waals surface area contributed by atoms with Gasteiger partial charge in [0.25, 0.3) is 0 Å². The molecule has 0 bridgehead atoms. The van der Waals surface area contributed by atoms with Crippen LogP contribution in [0.25, 0.3) is 0 Å². The summed E-state index contributed by atoms with van der Waals surface area (Å²) in [6, 6.07) is 5.90. The molecule has 13 heteroatoms. The normalized spacial score (nSPS) is 23.6. The van der Waals surface area contributed by atoms with Gasteiger partial charge in [0, 0.05) is 33.2 Å². The van der Waals surface area contributed by atoms with E-state index in [1.807, 2.05) is 34.5 Å². The Morgan fingerprint density at radius 3 is 2.33 bits per heavy atom. The number of hydrogen-bond acceptors (Lipinski definition) is 8. The lowest BCUT2D eigenvalue weighted by Gasteiger charge is -2.43. The van der Waals surface area contributed by atoms with E-state index < -0.39 is 59.9 Å². The van der Waals surface area contributed by atoms with Gasteiger partial charge in [0.1, 0.15) is 23.0 Å². The molecule has 45 heavy (non-hydrogen) atoms. The number of aliphatic imine (C=N–C) groups is 1. The van der Waals surface area contributed by atoms with E-state index in [-0.39, 0.29) is 17.9 Å². The van der Waals surface area contributed by atoms with Crippen molar-refractivity contribution in [2.45, 2.75) is 121 Å². The predicted octanol–water partition coefficient (Wildman–Crippen LogP) is 5.99. The van der Waals surface area contributed by atoms with E-state index in [2.05, 4.69) is 19.6 Å². The highest BCUT2D eigenvalue weighted by molar-refractivity contribution is 8.16. The van der Waals surface area contributed by atoms with Crippen molar-refractivity contribution >= 4 is 49.4 Å². The fraction of sp³-hybridized carbons (Fsp3) is 0.719. The molecule has 0 aromatic heterocycles. The number of ether oxygens (including phenoxy) is 3. The van der Waals surface area contributed by atoms with E-state index in [4.69, 9.17) is 29.6 Å². The zero-order valence-electron chi connectivity index (χ0n) is 29.4. The second-order valence-corrected chi connectivity index (χ2v) is 22.6. The summed E-state index contributed by atoms with van der Waals surface area (Å²) >= 11 is 1.14. The Bertz CT molecular complexity index is 1320. The van der Waals surface area contributed by atoms with Crippen molar-refractivity contribution in [2.75, 3.05) is 20.4 Å². The number of amides is 2. The molecule has 3 atom stereocenters. The van der Waals surface area contributed by atoms with Crippen LogP contribution in [0.2, 0.25) is 32.5 Å². The van der Waals surface area contributed by atoms with E-state index in [1.54, 1.807) is 39.8 Å². The largest absolute Gasteiger partial charge is 0.443 e. The summed E-state index contributed by atoms with van der Waals surface area (Å²) in [5, 5.41) is 0.250. The summed E-state index contributed by atoms with van der Waals surface area (Å²) in [6.07, 6.45) is -0.216. The average molecular weight is 666 g/mol. The molecule has 1 aromatic carbocycles. The fourth-order valence-corrected chi connectivity index (χ4v) is 7.48. The van der Waals surface area contributed by atoms with Crippen molar-refractivity contribution < 1.29 is 32.8 Å². The van der Waals surface area contributed by atoms with Crippen LogP contribution in [0.4, 0.5) is 9.18 Å². The Balaban J connectivity index is 1.87. The molecule has 1 heterocycles. The second-order valence-electron chi connectivity index (χ2n) is 15.7. The van der Waals surface area contributed by atoms with Crippen LogP contribution in [0.1, 0.15) is 67.4 Å². The number of nitrogens with zero attached hydrogens (tertiary/aromatic N) is 2. The minimum absolute atomic E-state index is 0.163. The van der Waals surface area contributed by atoms with Gasteiger partial charge in [0.05, 0.1) is 16.7 Å². The lowest BCUT2D eigenvalue weighted by molar-refractivity contribution is -0.189. The number of fused-ring (bicyclic) bond motifs is 1. The maximum Gasteiger partial charge on any atom is 0.416 e. The molecule has 1 saturated carbocycles. The smallest absolute Gasteiger partial charge is 0.416 e. The monoisotopic (exact) mass is 665 g/mol. The van der Waals surface area contributed by atoms with E-state index in [0.717, 1.165) is 23.3 Å². The van der Waals surface area contributed by atoms with Crippen LogP contribution >= 0.6 is 11.8 Å². The van der Waals surface area contributed by atoms with E-state index in [9.17, 15) is 9.59 Å². The molecule has 2 aliphatic rings. The summed E-state index contributed by atoms with van der Waals surface area (Å²) in [7, 11) is 0.334. The van der Waals surface area contributed by atoms with Crippen molar-refractivity contribution in [3.63, 3.8) is 0 Å². The number of halogens is 1. The summed E-state index contributed by atoms with van der Waals surface area (Å²) in [5.41, 5.74) is 3.60. The Labute approximate surface area is 274 Å². The van der Waals surface area contributed by atoms with Gasteiger partial charge in [-0.15, -0.1) is 0 Å². The van der Waals surface area contributed by atoms with E-state index >= 15 is 4.39 Å². The van der Waals surface area contributed by atoms with Gasteiger partial charge in [-0.3, -0.25) is 14.7 Å². The number of thioether (sulfide) groups is 1. The number of hydrogen-bond donors (Lipinski definition) is 1. The van der Waals surface area contributed by atoms with Crippen molar-refractivity contribution in [3.8, 4) is 0 Å². The average Bonchev–Trinajstić information content (AvgIpc) is 3.63. The fourth-order valence-electron chi connectivity index (χ4n) is 5.23. The molecule has 1 aromatic rings. The Morgan fingerprint density at radius 2 is 1.78 bits per heavy atom. The molecular formula is C32H53BFN3O6SSi. The third-order valence-corrected chi connectivity index (χ3v) is 12.3. The quantitative estimate of drug-likeness (QED) is 0.166. The molecule has 0 unspecified atom stereocenters. The number of nitrogens with two attached hydrogens (primary N) is 1. The van der Waals surface area contributed by atoms with Crippen LogP contribution in [0, 0.1) is 11.7 Å². The van der Waals surface area contributed by atoms with Crippen LogP contribution in [-0.4, -0.2) is 79.1 Å². The highest BCUT2D eigenvalue weighted by atomic mass is 32.2. The van der Waals surface area contributed by atoms with Gasteiger partial charge < -0.3 is 24.6 Å². The summed E-state index contributed by atoms with van der Waals surface area (Å²) in [4.78, 5) is 31.9. The molecule has 1 aliphatic carbocycles. The summed E-state index contributed by atoms with van der Waals surface area (Å²) < 4.78 is 38.7. The van der Waals surface area contributed by atoms with Gasteiger partial charge in [-0.1, -0.05) is 50.4 Å². The molecule has 1 fully saturated rings. The highest BCUT2D eigenvalue weighted by Crippen LogP contribution is 2.66. The minimum atomic E-state index is -1.20. The predicted molar refractivity (Wildman–Crippen MR) is 183 cm³/mol. The van der Waals surface area contributed by atoms with Crippen molar-refractivity contribution in [1.82, 2.24) is 4.90 Å². The first-order valence-corrected chi connectivity index (χ1v) is 20.1. The van der Waals surface area contributed by atoms with Gasteiger partial charge in [-0.25, -0.2) is 9.18 Å². The molecule has 0 radical (unpaired) electrons. The molecule has 2 N–H and O–H groups in total. The highest BCUT2D eigenvalue weighted by Gasteiger charge is 2.70. The Hall–Kier alpha value is -1.93. The molecular weight excluding hydrogens is 612 g/mol. The maximum absolute atomic E-state index is 15.7. The molecule has 0 saturated heterocycles. The lowest BCUT2D eigenvalue weighted by atomic mass is 9.61. The third-order valence-electron chi connectivity index (χ3n) is 8.99. The number of carbonyl (C=O) groups excluding carboxylic acids is 2. The van der Waals surface area contributed by atoms with Crippen molar-refractivity contribution in [1.29, 1.82) is 0 Å². The van der Waals surface area contributed by atoms with Crippen LogP contribution in [-0.2, 0) is 29.2 Å². The lowest BCUT2D eigenvalue weighted by Crippen LogP contribution is -2.54. The van der Waals surface area contributed by atoms with Crippen molar-refractivity contribution in [2.24, 2.45) is 16.6 Å². The Kier molecular flexibility index (Phi) is 10.8.